The van der Waals surface area contributed by atoms with E-state index >= 15 is 0 Å². The van der Waals surface area contributed by atoms with Crippen LogP contribution in [0.4, 0.5) is 0 Å². The van der Waals surface area contributed by atoms with Crippen molar-refractivity contribution in [2.24, 2.45) is 0 Å². The van der Waals surface area contributed by atoms with Gasteiger partial charge in [0, 0.05) is 28.4 Å². The molecule has 0 aliphatic heterocycles. The van der Waals surface area contributed by atoms with E-state index in [-0.39, 0.29) is 5.56 Å². The molecule has 1 aromatic carbocycles. The highest BCUT2D eigenvalue weighted by atomic mass is 32.2. The molecule has 31 heavy (non-hydrogen) atoms. The van der Waals surface area contributed by atoms with Gasteiger partial charge < -0.3 is 0 Å². The number of thioether (sulfide) groups is 1. The second-order valence-corrected chi connectivity index (χ2v) is 10.8. The van der Waals surface area contributed by atoms with Crippen LogP contribution in [0.25, 0.3) is 20.9 Å². The van der Waals surface area contributed by atoms with Crippen molar-refractivity contribution in [1.29, 1.82) is 0 Å². The average Bonchev–Trinajstić information content (AvgIpc) is 3.46. The molecule has 5 aromatic rings. The molecule has 6 rings (SSSR count). The quantitative estimate of drug-likeness (QED) is 0.255. The molecular formula is C23H20N4OS3. The van der Waals surface area contributed by atoms with Gasteiger partial charge in [-0.05, 0) is 50.3 Å². The van der Waals surface area contributed by atoms with Gasteiger partial charge in [-0.15, -0.1) is 22.7 Å². The molecule has 156 valence electrons. The van der Waals surface area contributed by atoms with Crippen LogP contribution in [0, 0.1) is 6.92 Å². The van der Waals surface area contributed by atoms with Crippen molar-refractivity contribution in [2.75, 3.05) is 0 Å². The Morgan fingerprint density at radius 2 is 1.97 bits per heavy atom. The third-order valence-electron chi connectivity index (χ3n) is 5.74. The van der Waals surface area contributed by atoms with Gasteiger partial charge in [0.25, 0.3) is 5.56 Å². The molecule has 0 radical (unpaired) electrons. The Kier molecular flexibility index (Phi) is 4.74. The maximum atomic E-state index is 13.8. The third-order valence-corrected chi connectivity index (χ3v) is 8.67. The molecule has 0 bridgehead atoms. The SMILES string of the molecule is Cc1ccc(-n2c(SCc3cn4ccsc4n3)nc3sc4c(c3c2=O)CCCC4)cc1. The number of aromatic nitrogens is 4. The minimum atomic E-state index is 0.0570. The summed E-state index contributed by atoms with van der Waals surface area (Å²) in [5, 5.41) is 3.59. The molecule has 0 unspecified atom stereocenters. The molecule has 5 nitrogen and oxygen atoms in total. The van der Waals surface area contributed by atoms with Crippen molar-refractivity contribution in [3.63, 3.8) is 0 Å². The summed E-state index contributed by atoms with van der Waals surface area (Å²) in [7, 11) is 0. The van der Waals surface area contributed by atoms with Gasteiger partial charge in [-0.3, -0.25) is 13.8 Å². The Balaban J connectivity index is 1.49. The first-order valence-electron chi connectivity index (χ1n) is 10.4. The molecule has 0 spiro atoms. The summed E-state index contributed by atoms with van der Waals surface area (Å²) >= 11 is 4.91. The number of benzene rings is 1. The van der Waals surface area contributed by atoms with Crippen LogP contribution in [0.5, 0.6) is 0 Å². The van der Waals surface area contributed by atoms with Gasteiger partial charge in [-0.25, -0.2) is 9.97 Å². The van der Waals surface area contributed by atoms with Crippen LogP contribution in [0.1, 0.15) is 34.5 Å². The second kappa shape index (κ2) is 7.62. The maximum absolute atomic E-state index is 13.8. The lowest BCUT2D eigenvalue weighted by Crippen LogP contribution is -2.22. The third kappa shape index (κ3) is 3.33. The fourth-order valence-electron chi connectivity index (χ4n) is 4.19. The first kappa shape index (κ1) is 19.3. The molecule has 0 N–H and O–H groups in total. The first-order chi connectivity index (χ1) is 15.2. The molecule has 0 amide bonds. The average molecular weight is 465 g/mol. The van der Waals surface area contributed by atoms with Gasteiger partial charge in [0.2, 0.25) is 0 Å². The number of fused-ring (bicyclic) bond motifs is 4. The topological polar surface area (TPSA) is 52.2 Å². The molecule has 4 aromatic heterocycles. The summed E-state index contributed by atoms with van der Waals surface area (Å²) in [4.78, 5) is 26.7. The van der Waals surface area contributed by atoms with Gasteiger partial charge in [0.05, 0.1) is 16.8 Å². The monoisotopic (exact) mass is 464 g/mol. The number of thiophene rings is 1. The van der Waals surface area contributed by atoms with Crippen molar-refractivity contribution >= 4 is 49.6 Å². The fraction of sp³-hybridized carbons (Fsp3) is 0.261. The molecular weight excluding hydrogens is 444 g/mol. The predicted molar refractivity (Wildman–Crippen MR) is 129 cm³/mol. The largest absolute Gasteiger partial charge is 0.297 e. The van der Waals surface area contributed by atoms with E-state index in [4.69, 9.17) is 4.98 Å². The smallest absolute Gasteiger partial charge is 0.267 e. The van der Waals surface area contributed by atoms with Gasteiger partial charge >= 0.3 is 0 Å². The number of rotatable bonds is 4. The minimum absolute atomic E-state index is 0.0570. The van der Waals surface area contributed by atoms with E-state index in [1.165, 1.54) is 22.4 Å². The zero-order chi connectivity index (χ0) is 20.9. The van der Waals surface area contributed by atoms with Crippen molar-refractivity contribution in [3.05, 3.63) is 74.1 Å². The molecule has 8 heteroatoms. The number of imidazole rings is 1. The van der Waals surface area contributed by atoms with E-state index in [9.17, 15) is 4.79 Å². The molecule has 0 saturated carbocycles. The summed E-state index contributed by atoms with van der Waals surface area (Å²) in [6, 6.07) is 8.12. The van der Waals surface area contributed by atoms with Crippen molar-refractivity contribution in [3.8, 4) is 5.69 Å². The van der Waals surface area contributed by atoms with Gasteiger partial charge in [-0.1, -0.05) is 29.5 Å². The van der Waals surface area contributed by atoms with Gasteiger partial charge in [0.15, 0.2) is 10.1 Å². The highest BCUT2D eigenvalue weighted by Gasteiger charge is 2.23. The van der Waals surface area contributed by atoms with E-state index in [1.807, 2.05) is 40.2 Å². The van der Waals surface area contributed by atoms with E-state index in [2.05, 4.69) is 18.1 Å². The number of hydrogen-bond donors (Lipinski definition) is 0. The van der Waals surface area contributed by atoms with Crippen LogP contribution in [0.2, 0.25) is 0 Å². The Hall–Kier alpha value is -2.42. The Morgan fingerprint density at radius 1 is 1.13 bits per heavy atom. The molecule has 1 aliphatic rings. The zero-order valence-electron chi connectivity index (χ0n) is 17.0. The Bertz CT molecular complexity index is 1440. The lowest BCUT2D eigenvalue weighted by Gasteiger charge is -2.13. The molecule has 0 saturated heterocycles. The highest BCUT2D eigenvalue weighted by Crippen LogP contribution is 2.35. The highest BCUT2D eigenvalue weighted by molar-refractivity contribution is 7.98. The lowest BCUT2D eigenvalue weighted by atomic mass is 9.97. The number of hydrogen-bond acceptors (Lipinski definition) is 6. The lowest BCUT2D eigenvalue weighted by molar-refractivity contribution is 0.699. The summed E-state index contributed by atoms with van der Waals surface area (Å²) in [6.45, 7) is 2.06. The minimum Gasteiger partial charge on any atom is -0.297 e. The van der Waals surface area contributed by atoms with Crippen LogP contribution in [-0.2, 0) is 18.6 Å². The van der Waals surface area contributed by atoms with Crippen LogP contribution in [0.3, 0.4) is 0 Å². The molecule has 0 fully saturated rings. The van der Waals surface area contributed by atoms with Crippen LogP contribution in [0.15, 0.2) is 52.0 Å². The summed E-state index contributed by atoms with van der Waals surface area (Å²) in [5.41, 5.74) is 4.32. The van der Waals surface area contributed by atoms with Crippen molar-refractivity contribution in [2.45, 2.75) is 43.5 Å². The Morgan fingerprint density at radius 3 is 2.81 bits per heavy atom. The Labute approximate surface area is 191 Å². The number of thiazole rings is 1. The zero-order valence-corrected chi connectivity index (χ0v) is 19.4. The van der Waals surface area contributed by atoms with Crippen LogP contribution < -0.4 is 5.56 Å². The fourth-order valence-corrected chi connectivity index (χ4v) is 7.11. The standard InChI is InChI=1S/C23H20N4OS3/c1-14-6-8-16(9-7-14)27-21(28)19-17-4-2-3-5-18(17)31-20(19)25-23(27)30-13-15-12-26-10-11-29-22(26)24-15/h6-12H,2-5,13H2,1H3. The van der Waals surface area contributed by atoms with E-state index in [0.717, 1.165) is 51.0 Å². The first-order valence-corrected chi connectivity index (χ1v) is 13.0. The van der Waals surface area contributed by atoms with Crippen molar-refractivity contribution < 1.29 is 0 Å². The van der Waals surface area contributed by atoms with E-state index in [1.54, 1.807) is 39.0 Å². The second-order valence-electron chi connectivity index (χ2n) is 7.88. The summed E-state index contributed by atoms with van der Waals surface area (Å²) in [6.07, 6.45) is 8.47. The predicted octanol–water partition coefficient (Wildman–Crippen LogP) is 5.64. The van der Waals surface area contributed by atoms with Crippen molar-refractivity contribution in [1.82, 2.24) is 18.9 Å². The maximum Gasteiger partial charge on any atom is 0.267 e. The molecule has 1 aliphatic carbocycles. The normalized spacial score (nSPS) is 13.8. The van der Waals surface area contributed by atoms with Crippen LogP contribution in [-0.4, -0.2) is 18.9 Å². The summed E-state index contributed by atoms with van der Waals surface area (Å²) < 4.78 is 3.84. The van der Waals surface area contributed by atoms with E-state index in [0.29, 0.717) is 5.75 Å². The summed E-state index contributed by atoms with van der Waals surface area (Å²) in [5.74, 6) is 0.670. The van der Waals surface area contributed by atoms with Gasteiger partial charge in [0.1, 0.15) is 4.83 Å². The molecule has 0 atom stereocenters. The van der Waals surface area contributed by atoms with E-state index < -0.39 is 0 Å². The van der Waals surface area contributed by atoms with Crippen LogP contribution >= 0.6 is 34.4 Å². The number of nitrogens with zero attached hydrogens (tertiary/aromatic N) is 4. The molecule has 4 heterocycles. The number of aryl methyl sites for hydroxylation is 3. The van der Waals surface area contributed by atoms with Gasteiger partial charge in [-0.2, -0.15) is 0 Å².